The summed E-state index contributed by atoms with van der Waals surface area (Å²) in [7, 11) is 0. The number of hydrogen-bond acceptors (Lipinski definition) is 5. The van der Waals surface area contributed by atoms with Crippen LogP contribution in [-0.4, -0.2) is 35.6 Å². The highest BCUT2D eigenvalue weighted by Crippen LogP contribution is 2.37. The molecule has 0 saturated carbocycles. The molecule has 0 bridgehead atoms. The summed E-state index contributed by atoms with van der Waals surface area (Å²) < 4.78 is 5.35. The molecule has 102 valence electrons. The lowest BCUT2D eigenvalue weighted by Gasteiger charge is -2.34. The van der Waals surface area contributed by atoms with Gasteiger partial charge in [0, 0.05) is 19.8 Å². The van der Waals surface area contributed by atoms with E-state index in [0.29, 0.717) is 49.8 Å². The van der Waals surface area contributed by atoms with Crippen LogP contribution in [0.25, 0.3) is 0 Å². The molecule has 19 heavy (non-hydrogen) atoms. The van der Waals surface area contributed by atoms with Gasteiger partial charge >= 0.3 is 0 Å². The van der Waals surface area contributed by atoms with Gasteiger partial charge in [-0.2, -0.15) is 4.98 Å². The van der Waals surface area contributed by atoms with Gasteiger partial charge < -0.3 is 15.4 Å². The maximum atomic E-state index is 12.5. The van der Waals surface area contributed by atoms with Gasteiger partial charge in [0.05, 0.1) is 11.1 Å². The molecule has 1 fully saturated rings. The number of aromatic nitrogens is 2. The first-order chi connectivity index (χ1) is 9.11. The summed E-state index contributed by atoms with van der Waals surface area (Å²) in [6.45, 7) is 3.56. The number of halogens is 1. The predicted molar refractivity (Wildman–Crippen MR) is 71.4 cm³/mol. The highest BCUT2D eigenvalue weighted by molar-refractivity contribution is 6.28. The van der Waals surface area contributed by atoms with Crippen molar-refractivity contribution in [2.24, 2.45) is 5.41 Å². The van der Waals surface area contributed by atoms with Crippen LogP contribution in [0, 0.1) is 12.3 Å². The minimum absolute atomic E-state index is 0.0103. The molecule has 2 N–H and O–H groups in total. The van der Waals surface area contributed by atoms with Gasteiger partial charge in [-0.05, 0) is 31.4 Å². The lowest BCUT2D eigenvalue weighted by Crippen LogP contribution is -2.44. The van der Waals surface area contributed by atoms with Gasteiger partial charge in [0.15, 0.2) is 5.82 Å². The second-order valence-electron chi connectivity index (χ2n) is 5.00. The minimum Gasteiger partial charge on any atom is -0.381 e. The number of aryl methyl sites for hydroxylation is 1. The van der Waals surface area contributed by atoms with Gasteiger partial charge in [-0.1, -0.05) is 0 Å². The average molecular weight is 283 g/mol. The highest BCUT2D eigenvalue weighted by atomic mass is 35.5. The van der Waals surface area contributed by atoms with Crippen LogP contribution in [0.5, 0.6) is 0 Å². The number of carbonyl (C=O) groups is 1. The molecular weight excluding hydrogens is 268 g/mol. The average Bonchev–Trinajstić information content (AvgIpc) is 2.52. The molecule has 0 aliphatic carbocycles. The standard InChI is InChI=1S/C12H15ClN4O2/c1-7-8-9(17-11(13)15-7)14-6-12(10(18)16-8)2-4-19-5-3-12/h2-6H2,1H3,(H,16,18)(H,14,15,17). The van der Waals surface area contributed by atoms with Crippen molar-refractivity contribution in [2.45, 2.75) is 19.8 Å². The van der Waals surface area contributed by atoms with E-state index in [4.69, 9.17) is 16.3 Å². The molecule has 3 heterocycles. The van der Waals surface area contributed by atoms with Crippen LogP contribution in [0.1, 0.15) is 18.5 Å². The number of ether oxygens (including phenoxy) is 1. The van der Waals surface area contributed by atoms with Crippen molar-refractivity contribution in [3.8, 4) is 0 Å². The van der Waals surface area contributed by atoms with Crippen LogP contribution in [0.3, 0.4) is 0 Å². The van der Waals surface area contributed by atoms with Crippen LogP contribution in [0.4, 0.5) is 11.5 Å². The minimum atomic E-state index is -0.433. The van der Waals surface area contributed by atoms with Crippen molar-refractivity contribution in [2.75, 3.05) is 30.4 Å². The lowest BCUT2D eigenvalue weighted by molar-refractivity contribution is -0.129. The summed E-state index contributed by atoms with van der Waals surface area (Å²) in [6, 6.07) is 0. The van der Waals surface area contributed by atoms with Crippen LogP contribution in [0.15, 0.2) is 0 Å². The zero-order chi connectivity index (χ0) is 13.5. The Morgan fingerprint density at radius 1 is 1.32 bits per heavy atom. The number of nitrogens with one attached hydrogen (secondary N) is 2. The van der Waals surface area contributed by atoms with Crippen LogP contribution in [-0.2, 0) is 9.53 Å². The fraction of sp³-hybridized carbons (Fsp3) is 0.583. The predicted octanol–water partition coefficient (Wildman–Crippen LogP) is 1.60. The quantitative estimate of drug-likeness (QED) is 0.707. The number of fused-ring (bicyclic) bond motifs is 1. The summed E-state index contributed by atoms with van der Waals surface area (Å²) >= 11 is 5.85. The lowest BCUT2D eigenvalue weighted by atomic mass is 9.79. The molecule has 1 saturated heterocycles. The summed E-state index contributed by atoms with van der Waals surface area (Å²) in [6.07, 6.45) is 1.42. The molecule has 0 unspecified atom stereocenters. The van der Waals surface area contributed by atoms with E-state index in [1.165, 1.54) is 0 Å². The van der Waals surface area contributed by atoms with Gasteiger partial charge in [0.25, 0.3) is 0 Å². The smallest absolute Gasteiger partial charge is 0.232 e. The number of nitrogens with zero attached hydrogens (tertiary/aromatic N) is 2. The van der Waals surface area contributed by atoms with E-state index >= 15 is 0 Å². The molecule has 2 aliphatic heterocycles. The van der Waals surface area contributed by atoms with Crippen molar-refractivity contribution >= 4 is 29.0 Å². The van der Waals surface area contributed by atoms with E-state index in [0.717, 1.165) is 0 Å². The fourth-order valence-electron chi connectivity index (χ4n) is 2.56. The third-order valence-electron chi connectivity index (χ3n) is 3.83. The Morgan fingerprint density at radius 3 is 2.79 bits per heavy atom. The Morgan fingerprint density at radius 2 is 2.05 bits per heavy atom. The molecule has 1 aromatic rings. The largest absolute Gasteiger partial charge is 0.381 e. The van der Waals surface area contributed by atoms with Crippen molar-refractivity contribution < 1.29 is 9.53 Å². The second-order valence-corrected chi connectivity index (χ2v) is 5.34. The molecule has 6 nitrogen and oxygen atoms in total. The van der Waals surface area contributed by atoms with Crippen molar-refractivity contribution in [3.63, 3.8) is 0 Å². The normalized spacial score (nSPS) is 21.3. The van der Waals surface area contributed by atoms with E-state index in [2.05, 4.69) is 20.6 Å². The van der Waals surface area contributed by atoms with Crippen molar-refractivity contribution in [1.82, 2.24) is 9.97 Å². The zero-order valence-electron chi connectivity index (χ0n) is 10.6. The van der Waals surface area contributed by atoms with E-state index in [1.807, 2.05) is 0 Å². The third kappa shape index (κ3) is 2.15. The Balaban J connectivity index is 1.97. The summed E-state index contributed by atoms with van der Waals surface area (Å²) in [4.78, 5) is 20.7. The van der Waals surface area contributed by atoms with E-state index in [9.17, 15) is 4.79 Å². The van der Waals surface area contributed by atoms with Gasteiger partial charge in [0.1, 0.15) is 5.69 Å². The number of carbonyl (C=O) groups excluding carboxylic acids is 1. The summed E-state index contributed by atoms with van der Waals surface area (Å²) in [5, 5.41) is 6.34. The molecule has 0 atom stereocenters. The van der Waals surface area contributed by atoms with Crippen molar-refractivity contribution in [3.05, 3.63) is 11.0 Å². The third-order valence-corrected chi connectivity index (χ3v) is 4.00. The van der Waals surface area contributed by atoms with Gasteiger partial charge in [0.2, 0.25) is 11.2 Å². The molecule has 1 amide bonds. The number of hydrogen-bond donors (Lipinski definition) is 2. The van der Waals surface area contributed by atoms with Crippen LogP contribution in [0.2, 0.25) is 5.28 Å². The Hall–Kier alpha value is -1.40. The Labute approximate surface area is 115 Å². The molecule has 3 rings (SSSR count). The Bertz CT molecular complexity index is 529. The highest BCUT2D eigenvalue weighted by Gasteiger charge is 2.42. The van der Waals surface area contributed by atoms with E-state index in [1.54, 1.807) is 6.92 Å². The fourth-order valence-corrected chi connectivity index (χ4v) is 2.77. The SMILES string of the molecule is Cc1nc(Cl)nc2c1NC(=O)C1(CCOCC1)CN2. The molecule has 0 aromatic carbocycles. The Kier molecular flexibility index (Phi) is 3.06. The first-order valence-corrected chi connectivity index (χ1v) is 6.66. The maximum absolute atomic E-state index is 12.5. The van der Waals surface area contributed by atoms with Crippen molar-refractivity contribution in [1.29, 1.82) is 0 Å². The molecule has 1 spiro atoms. The second kappa shape index (κ2) is 4.61. The summed E-state index contributed by atoms with van der Waals surface area (Å²) in [5.41, 5.74) is 0.857. The number of rotatable bonds is 0. The van der Waals surface area contributed by atoms with E-state index < -0.39 is 5.41 Å². The van der Waals surface area contributed by atoms with Crippen LogP contribution < -0.4 is 10.6 Å². The van der Waals surface area contributed by atoms with Gasteiger partial charge in [-0.3, -0.25) is 4.79 Å². The molecule has 2 aliphatic rings. The molecule has 0 radical (unpaired) electrons. The van der Waals surface area contributed by atoms with E-state index in [-0.39, 0.29) is 11.2 Å². The number of amides is 1. The maximum Gasteiger partial charge on any atom is 0.232 e. The molecular formula is C12H15ClN4O2. The number of anilines is 2. The van der Waals surface area contributed by atoms with Gasteiger partial charge in [-0.25, -0.2) is 4.98 Å². The molecule has 7 heteroatoms. The zero-order valence-corrected chi connectivity index (χ0v) is 11.4. The van der Waals surface area contributed by atoms with Gasteiger partial charge in [-0.15, -0.1) is 0 Å². The van der Waals surface area contributed by atoms with Crippen LogP contribution >= 0.6 is 11.6 Å². The first kappa shape index (κ1) is 12.6. The molecule has 1 aromatic heterocycles. The monoisotopic (exact) mass is 282 g/mol. The summed E-state index contributed by atoms with van der Waals surface area (Å²) in [5.74, 6) is 0.602. The topological polar surface area (TPSA) is 76.1 Å². The first-order valence-electron chi connectivity index (χ1n) is 6.28.